The van der Waals surface area contributed by atoms with Crippen molar-refractivity contribution in [3.05, 3.63) is 102 Å². The van der Waals surface area contributed by atoms with Gasteiger partial charge in [-0.05, 0) is 17.3 Å². The third kappa shape index (κ3) is 5.28. The van der Waals surface area contributed by atoms with E-state index in [1.165, 1.54) is 37.7 Å². The van der Waals surface area contributed by atoms with Gasteiger partial charge in [-0.3, -0.25) is 0 Å². The van der Waals surface area contributed by atoms with E-state index in [1.54, 1.807) is 0 Å². The van der Waals surface area contributed by atoms with Crippen LogP contribution in [0.2, 0.25) is 0 Å². The van der Waals surface area contributed by atoms with Gasteiger partial charge in [0.1, 0.15) is 0 Å². The zero-order valence-electron chi connectivity index (χ0n) is 15.9. The molecule has 0 radical (unpaired) electrons. The normalized spacial score (nSPS) is 10.3. The summed E-state index contributed by atoms with van der Waals surface area (Å²) >= 11 is 0. The number of benzene rings is 2. The third-order valence-corrected chi connectivity index (χ3v) is 6.98. The van der Waals surface area contributed by atoms with Gasteiger partial charge in [0, 0.05) is 5.12 Å². The van der Waals surface area contributed by atoms with Crippen molar-refractivity contribution >= 4 is 28.8 Å². The Bertz CT molecular complexity index is 1080. The van der Waals surface area contributed by atoms with E-state index in [0.717, 1.165) is 0 Å². The molecule has 1 heterocycles. The summed E-state index contributed by atoms with van der Waals surface area (Å²) in [5.41, 5.74) is 2.78. The summed E-state index contributed by atoms with van der Waals surface area (Å²) in [5, 5.41) is 7.05. The smallest absolute Gasteiger partial charge is 1.00 e. The summed E-state index contributed by atoms with van der Waals surface area (Å²) in [6.45, 7) is 4.24. The standard InChI is InChI=1S/C17H12P.C7H9.2ClH.Hf/c1-2-7-15-12-16(11-14(15)6-1)18-10-9-13-5-3-4-8-17(13)18;1-6-4-3-5-7(6)2;;;/h1-12H;3-5H,1-2H3;2*1H;/q2*-1;;;+4/p-2. The van der Waals surface area contributed by atoms with Crippen LogP contribution in [-0.4, -0.2) is 0 Å². The van der Waals surface area contributed by atoms with Crippen LogP contribution in [0, 0.1) is 13.8 Å². The average Bonchev–Trinajstić information content (AvgIpc) is 3.34. The van der Waals surface area contributed by atoms with Crippen molar-refractivity contribution in [2.75, 3.05) is 0 Å². The van der Waals surface area contributed by atoms with Crippen LogP contribution in [0.3, 0.4) is 0 Å². The third-order valence-electron chi connectivity index (χ3n) is 4.79. The summed E-state index contributed by atoms with van der Waals surface area (Å²) in [6, 6.07) is 30.6. The molecule has 5 aromatic rings. The maximum Gasteiger partial charge on any atom is 4.00 e. The maximum absolute atomic E-state index is 2.37. The molecule has 4 aromatic carbocycles. The van der Waals surface area contributed by atoms with Crippen LogP contribution >= 0.6 is 7.53 Å². The predicted octanol–water partition coefficient (Wildman–Crippen LogP) is 1.72. The van der Waals surface area contributed by atoms with Gasteiger partial charge in [0.05, 0.1) is 0 Å². The molecule has 1 aromatic heterocycles. The molecular formula is C24H21Cl2HfP. The number of halogens is 2. The Labute approximate surface area is 199 Å². The minimum Gasteiger partial charge on any atom is -1.00 e. The molecule has 0 aliphatic heterocycles. The minimum absolute atomic E-state index is 0. The minimum atomic E-state index is -0.283. The van der Waals surface area contributed by atoms with E-state index in [4.69, 9.17) is 0 Å². The molecule has 0 bridgehead atoms. The molecule has 0 aliphatic carbocycles. The molecule has 0 aliphatic rings. The van der Waals surface area contributed by atoms with Crippen molar-refractivity contribution in [1.29, 1.82) is 0 Å². The van der Waals surface area contributed by atoms with Crippen molar-refractivity contribution in [1.82, 2.24) is 0 Å². The van der Waals surface area contributed by atoms with Crippen molar-refractivity contribution < 1.29 is 50.7 Å². The molecule has 0 saturated carbocycles. The molecular weight excluding hydrogens is 569 g/mol. The summed E-state index contributed by atoms with van der Waals surface area (Å²) in [7, 11) is -0.283. The van der Waals surface area contributed by atoms with E-state index < -0.39 is 0 Å². The van der Waals surface area contributed by atoms with Crippen LogP contribution in [0.5, 0.6) is 0 Å². The van der Waals surface area contributed by atoms with Crippen LogP contribution in [0.4, 0.5) is 0 Å². The topological polar surface area (TPSA) is 0 Å². The van der Waals surface area contributed by atoms with Crippen LogP contribution in [-0.2, 0) is 25.8 Å². The quantitative estimate of drug-likeness (QED) is 0.207. The molecule has 0 nitrogen and oxygen atoms in total. The molecule has 0 fully saturated rings. The molecule has 1 unspecified atom stereocenters. The number of aryl methyl sites for hydroxylation is 2. The molecule has 28 heavy (non-hydrogen) atoms. The summed E-state index contributed by atoms with van der Waals surface area (Å²) in [6.07, 6.45) is 0. The summed E-state index contributed by atoms with van der Waals surface area (Å²) < 4.78 is 0. The van der Waals surface area contributed by atoms with E-state index in [9.17, 15) is 0 Å². The molecule has 0 N–H and O–H groups in total. The first-order valence-corrected chi connectivity index (χ1v) is 10.0. The van der Waals surface area contributed by atoms with Crippen LogP contribution in [0.25, 0.3) is 26.6 Å². The number of hydrogen-bond acceptors (Lipinski definition) is 0. The molecule has 0 saturated heterocycles. The zero-order valence-corrected chi connectivity index (χ0v) is 21.9. The molecule has 5 rings (SSSR count). The van der Waals surface area contributed by atoms with Gasteiger partial charge in [-0.25, -0.2) is 12.1 Å². The Morgan fingerprint density at radius 1 is 0.821 bits per heavy atom. The zero-order chi connectivity index (χ0) is 17.2. The predicted molar refractivity (Wildman–Crippen MR) is 113 cm³/mol. The first-order chi connectivity index (χ1) is 12.2. The Balaban J connectivity index is 0.000000341. The summed E-state index contributed by atoms with van der Waals surface area (Å²) in [5.74, 6) is 2.37. The van der Waals surface area contributed by atoms with E-state index in [-0.39, 0.29) is 58.2 Å². The van der Waals surface area contributed by atoms with E-state index in [2.05, 4.69) is 105 Å². The molecule has 4 heteroatoms. The largest absolute Gasteiger partial charge is 4.00 e. The Morgan fingerprint density at radius 2 is 1.50 bits per heavy atom. The first kappa shape index (κ1) is 24.9. The average molecular weight is 590 g/mol. The second-order valence-electron chi connectivity index (χ2n) is 6.48. The fourth-order valence-electron chi connectivity index (χ4n) is 3.18. The van der Waals surface area contributed by atoms with Crippen molar-refractivity contribution in [3.8, 4) is 5.30 Å². The van der Waals surface area contributed by atoms with Gasteiger partial charge in [0.25, 0.3) is 0 Å². The number of fused-ring (bicyclic) bond motifs is 2. The fraction of sp³-hybridized carbons (Fsp3) is 0.0833. The summed E-state index contributed by atoms with van der Waals surface area (Å²) in [4.78, 5) is 0. The van der Waals surface area contributed by atoms with Crippen LogP contribution in [0.1, 0.15) is 11.1 Å². The van der Waals surface area contributed by atoms with Crippen molar-refractivity contribution in [3.63, 3.8) is 0 Å². The Hall–Kier alpha value is -1.11. The van der Waals surface area contributed by atoms with Gasteiger partial charge >= 0.3 is 25.8 Å². The molecule has 140 valence electrons. The van der Waals surface area contributed by atoms with Crippen LogP contribution < -0.4 is 24.8 Å². The monoisotopic (exact) mass is 590 g/mol. The maximum atomic E-state index is 2.37. The van der Waals surface area contributed by atoms with Crippen molar-refractivity contribution in [2.24, 2.45) is 0 Å². The van der Waals surface area contributed by atoms with Gasteiger partial charge < -0.3 is 24.8 Å². The number of hydrogen-bond donors (Lipinski definition) is 0. The van der Waals surface area contributed by atoms with Crippen LogP contribution in [0.15, 0.2) is 90.7 Å². The van der Waals surface area contributed by atoms with Gasteiger partial charge in [0.15, 0.2) is 0 Å². The van der Waals surface area contributed by atoms with Gasteiger partial charge in [-0.2, -0.15) is 23.3 Å². The second-order valence-corrected chi connectivity index (χ2v) is 8.52. The van der Waals surface area contributed by atoms with E-state index in [0.29, 0.717) is 0 Å². The second kappa shape index (κ2) is 11.2. The molecule has 0 spiro atoms. The van der Waals surface area contributed by atoms with Gasteiger partial charge in [0.2, 0.25) is 0 Å². The van der Waals surface area contributed by atoms with Gasteiger partial charge in [-0.1, -0.05) is 49.5 Å². The fourth-order valence-corrected chi connectivity index (χ4v) is 5.33. The van der Waals surface area contributed by atoms with Gasteiger partial charge in [-0.15, -0.1) is 42.6 Å². The first-order valence-electron chi connectivity index (χ1n) is 8.63. The molecule has 1 atom stereocenters. The number of rotatable bonds is 1. The Kier molecular flexibility index (Phi) is 9.95. The SMILES string of the molecule is Cc1ccc[c-]1C.[Cl-].[Cl-].[Hf+4].c1ccc2[cH-]c(-p3ccc4ccccc43)cc2c1. The van der Waals surface area contributed by atoms with E-state index >= 15 is 0 Å². The van der Waals surface area contributed by atoms with Crippen molar-refractivity contribution in [2.45, 2.75) is 13.8 Å². The van der Waals surface area contributed by atoms with E-state index in [1.807, 2.05) is 0 Å². The molecule has 0 amide bonds. The Morgan fingerprint density at radius 3 is 2.11 bits per heavy atom.